The number of carboxylic acid groups (broad SMARTS) is 1. The van der Waals surface area contributed by atoms with Crippen LogP contribution in [0.1, 0.15) is 45.2 Å². The van der Waals surface area contributed by atoms with E-state index in [4.69, 9.17) is 10.5 Å². The van der Waals surface area contributed by atoms with E-state index in [0.717, 1.165) is 13.0 Å². The molecule has 2 aliphatic rings. The number of thioether (sulfide) groups is 1. The number of amides is 2. The molecule has 4 N–H and O–H groups in total. The summed E-state index contributed by atoms with van der Waals surface area (Å²) in [5.74, 6) is -2.31. The Morgan fingerprint density at radius 3 is 2.57 bits per heavy atom. The van der Waals surface area contributed by atoms with Gasteiger partial charge < -0.3 is 25.8 Å². The SMILES string of the molecule is CC(=O)OCC1=C(C(=O)O)N2C(=O)C(NC(=O)C(CC(C)CC(C)CN(C)C)c3csc(N)n3)[C@H]2SC1. The average molecular weight is 554 g/mol. The van der Waals surface area contributed by atoms with Crippen LogP contribution in [0.4, 0.5) is 5.13 Å². The molecular weight excluding hydrogens is 518 g/mol. The van der Waals surface area contributed by atoms with Gasteiger partial charge in [0.2, 0.25) is 5.91 Å². The number of fused-ring (bicyclic) bond motifs is 1. The fourth-order valence-electron chi connectivity index (χ4n) is 4.94. The van der Waals surface area contributed by atoms with E-state index < -0.39 is 35.2 Å². The van der Waals surface area contributed by atoms with Gasteiger partial charge in [0, 0.05) is 30.2 Å². The average Bonchev–Trinajstić information content (AvgIpc) is 3.23. The van der Waals surface area contributed by atoms with Gasteiger partial charge in [-0.2, -0.15) is 0 Å². The number of aliphatic carboxylic acids is 1. The van der Waals surface area contributed by atoms with Gasteiger partial charge in [-0.3, -0.25) is 19.3 Å². The Kier molecular flexibility index (Phi) is 9.59. The summed E-state index contributed by atoms with van der Waals surface area (Å²) in [7, 11) is 4.06. The number of β-lactam (4-membered cyclic amide) rings is 1. The Balaban J connectivity index is 1.73. The predicted molar refractivity (Wildman–Crippen MR) is 142 cm³/mol. The second-order valence-electron chi connectivity index (χ2n) is 10.0. The summed E-state index contributed by atoms with van der Waals surface area (Å²) in [6.45, 7) is 6.25. The van der Waals surface area contributed by atoms with Gasteiger partial charge in [0.15, 0.2) is 5.13 Å². The van der Waals surface area contributed by atoms with Crippen LogP contribution < -0.4 is 11.1 Å². The van der Waals surface area contributed by atoms with Crippen LogP contribution in [0.3, 0.4) is 0 Å². The van der Waals surface area contributed by atoms with Gasteiger partial charge in [0.1, 0.15) is 23.7 Å². The monoisotopic (exact) mass is 553 g/mol. The van der Waals surface area contributed by atoms with E-state index in [-0.39, 0.29) is 29.9 Å². The number of hydrogen-bond donors (Lipinski definition) is 3. The highest BCUT2D eigenvalue weighted by Crippen LogP contribution is 2.41. The van der Waals surface area contributed by atoms with E-state index in [0.29, 0.717) is 28.7 Å². The molecule has 3 rings (SSSR count). The molecule has 4 unspecified atom stereocenters. The molecule has 1 aromatic rings. The highest BCUT2D eigenvalue weighted by Gasteiger charge is 2.54. The van der Waals surface area contributed by atoms with Crippen LogP contribution in [0.25, 0.3) is 0 Å². The molecule has 2 aliphatic heterocycles. The lowest BCUT2D eigenvalue weighted by atomic mass is 9.86. The maximum Gasteiger partial charge on any atom is 0.352 e. The van der Waals surface area contributed by atoms with Gasteiger partial charge >= 0.3 is 11.9 Å². The minimum absolute atomic E-state index is 0.187. The molecule has 0 radical (unpaired) electrons. The van der Waals surface area contributed by atoms with Crippen LogP contribution >= 0.6 is 23.1 Å². The van der Waals surface area contributed by atoms with Crippen molar-refractivity contribution < 1.29 is 29.0 Å². The molecule has 11 nitrogen and oxygen atoms in total. The first kappa shape index (κ1) is 28.9. The zero-order chi connectivity index (χ0) is 27.4. The van der Waals surface area contributed by atoms with Crippen molar-refractivity contribution in [3.05, 3.63) is 22.3 Å². The van der Waals surface area contributed by atoms with Crippen LogP contribution in [0.5, 0.6) is 0 Å². The van der Waals surface area contributed by atoms with Crippen molar-refractivity contribution >= 4 is 52.0 Å². The molecular formula is C24H35N5O6S2. The lowest BCUT2D eigenvalue weighted by Crippen LogP contribution is -2.71. The standard InChI is InChI=1S/C24H35N5O6S2/c1-12(6-13(2)8-28(4)5)7-16(17-11-37-24(25)26-17)20(31)27-18-21(32)29-19(23(33)34)15(9-35-14(3)30)10-36-22(18)29/h11-13,16,18,22H,6-10H2,1-5H3,(H2,25,26)(H,27,31)(H,33,34)/t12?,13?,16?,18?,22-/m1/s1. The molecule has 0 aliphatic carbocycles. The molecule has 204 valence electrons. The highest BCUT2D eigenvalue weighted by molar-refractivity contribution is 8.00. The molecule has 0 bridgehead atoms. The quantitative estimate of drug-likeness (QED) is 0.257. The molecule has 1 fully saturated rings. The first-order valence-electron chi connectivity index (χ1n) is 12.1. The molecule has 0 saturated carbocycles. The Bertz CT molecular complexity index is 1070. The van der Waals surface area contributed by atoms with Crippen molar-refractivity contribution in [3.63, 3.8) is 0 Å². The summed E-state index contributed by atoms with van der Waals surface area (Å²) < 4.78 is 4.96. The minimum Gasteiger partial charge on any atom is -0.477 e. The molecule has 1 aromatic heterocycles. The van der Waals surface area contributed by atoms with Crippen molar-refractivity contribution in [1.29, 1.82) is 0 Å². The number of carboxylic acids is 1. The fourth-order valence-corrected chi connectivity index (χ4v) is 6.89. The third-order valence-corrected chi connectivity index (χ3v) is 8.36. The number of esters is 1. The van der Waals surface area contributed by atoms with Gasteiger partial charge in [-0.25, -0.2) is 9.78 Å². The van der Waals surface area contributed by atoms with Gasteiger partial charge in [-0.1, -0.05) is 13.8 Å². The number of carbonyl (C=O) groups is 4. The third-order valence-electron chi connectivity index (χ3n) is 6.33. The maximum atomic E-state index is 13.5. The molecule has 1 saturated heterocycles. The molecule has 0 spiro atoms. The number of rotatable bonds is 12. The normalized spacial score (nSPS) is 21.7. The van der Waals surface area contributed by atoms with Crippen molar-refractivity contribution in [2.45, 2.75) is 50.9 Å². The maximum absolute atomic E-state index is 13.5. The van der Waals surface area contributed by atoms with Crippen molar-refractivity contribution in [1.82, 2.24) is 20.1 Å². The van der Waals surface area contributed by atoms with Crippen LogP contribution in [0.15, 0.2) is 16.7 Å². The van der Waals surface area contributed by atoms with Crippen LogP contribution in [0, 0.1) is 11.8 Å². The summed E-state index contributed by atoms with van der Waals surface area (Å²) in [6, 6.07) is -0.858. The van der Waals surface area contributed by atoms with Crippen molar-refractivity contribution in [2.75, 3.05) is 38.7 Å². The fraction of sp³-hybridized carbons (Fsp3) is 0.625. The summed E-state index contributed by atoms with van der Waals surface area (Å²) in [5.41, 5.74) is 6.57. The van der Waals surface area contributed by atoms with Crippen LogP contribution in [-0.2, 0) is 23.9 Å². The zero-order valence-electron chi connectivity index (χ0n) is 21.7. The van der Waals surface area contributed by atoms with Gasteiger partial charge in [0.25, 0.3) is 5.91 Å². The predicted octanol–water partition coefficient (Wildman–Crippen LogP) is 1.72. The Morgan fingerprint density at radius 2 is 2.00 bits per heavy atom. The molecule has 2 amide bonds. The molecule has 37 heavy (non-hydrogen) atoms. The molecule has 3 heterocycles. The number of anilines is 1. The number of carbonyl (C=O) groups excluding carboxylic acids is 3. The van der Waals surface area contributed by atoms with Gasteiger partial charge in [-0.05, 0) is 38.8 Å². The van der Waals surface area contributed by atoms with Gasteiger partial charge in [0.05, 0.1) is 11.6 Å². The minimum atomic E-state index is -1.28. The Labute approximate surface area is 224 Å². The lowest BCUT2D eigenvalue weighted by molar-refractivity contribution is -0.151. The number of nitrogen functional groups attached to an aromatic ring is 1. The summed E-state index contributed by atoms with van der Waals surface area (Å²) in [5, 5.41) is 14.2. The topological polar surface area (TPSA) is 155 Å². The first-order chi connectivity index (χ1) is 17.4. The largest absolute Gasteiger partial charge is 0.477 e. The molecule has 13 heteroatoms. The Hall–Kier alpha value is -2.64. The molecule has 5 atom stereocenters. The van der Waals surface area contributed by atoms with E-state index in [1.54, 1.807) is 5.38 Å². The summed E-state index contributed by atoms with van der Waals surface area (Å²) in [4.78, 5) is 57.3. The summed E-state index contributed by atoms with van der Waals surface area (Å²) in [6.07, 6.45) is 1.47. The first-order valence-corrected chi connectivity index (χ1v) is 14.0. The number of nitrogens with one attached hydrogen (secondary N) is 1. The summed E-state index contributed by atoms with van der Waals surface area (Å²) >= 11 is 2.59. The van der Waals surface area contributed by atoms with Crippen LogP contribution in [-0.4, -0.2) is 88.1 Å². The molecule has 0 aromatic carbocycles. The zero-order valence-corrected chi connectivity index (χ0v) is 23.4. The number of nitrogens with two attached hydrogens (primary N) is 1. The van der Waals surface area contributed by atoms with E-state index in [2.05, 4.69) is 29.0 Å². The number of aromatic nitrogens is 1. The van der Waals surface area contributed by atoms with Crippen molar-refractivity contribution in [2.24, 2.45) is 11.8 Å². The third kappa shape index (κ3) is 7.02. The van der Waals surface area contributed by atoms with Crippen LogP contribution in [0.2, 0.25) is 0 Å². The number of hydrogen-bond acceptors (Lipinski definition) is 10. The highest BCUT2D eigenvalue weighted by atomic mass is 32.2. The second kappa shape index (κ2) is 12.3. The van der Waals surface area contributed by atoms with Gasteiger partial charge in [-0.15, -0.1) is 23.1 Å². The van der Waals surface area contributed by atoms with Crippen molar-refractivity contribution in [3.8, 4) is 0 Å². The lowest BCUT2D eigenvalue weighted by Gasteiger charge is -2.49. The van der Waals surface area contributed by atoms with E-state index in [1.165, 1.54) is 34.9 Å². The second-order valence-corrected chi connectivity index (χ2v) is 12.0. The van der Waals surface area contributed by atoms with E-state index >= 15 is 0 Å². The number of thiazole rings is 1. The van der Waals surface area contributed by atoms with E-state index in [1.807, 2.05) is 14.1 Å². The van der Waals surface area contributed by atoms with E-state index in [9.17, 15) is 24.3 Å². The smallest absolute Gasteiger partial charge is 0.352 e. The Morgan fingerprint density at radius 1 is 1.30 bits per heavy atom. The number of nitrogens with zero attached hydrogens (tertiary/aromatic N) is 3. The number of ether oxygens (including phenoxy) is 1.